The van der Waals surface area contributed by atoms with Crippen molar-refractivity contribution >= 4 is 27.9 Å². The van der Waals surface area contributed by atoms with Crippen LogP contribution in [-0.2, 0) is 14.3 Å². The average molecular weight is 313 g/mol. The second-order valence-electron chi connectivity index (χ2n) is 3.35. The van der Waals surface area contributed by atoms with Gasteiger partial charge in [-0.1, -0.05) is 46.8 Å². The largest absolute Gasteiger partial charge is 0.461 e. The quantitative estimate of drug-likeness (QED) is 0.459. The Hall–Kier alpha value is -1.62. The summed E-state index contributed by atoms with van der Waals surface area (Å²) < 4.78 is 9.77. The number of hydrogen-bond acceptors (Lipinski definition) is 4. The summed E-state index contributed by atoms with van der Waals surface area (Å²) in [5.74, 6) is -0.965. The fraction of sp³-hybridized carbons (Fsp3) is 0.231. The van der Waals surface area contributed by atoms with Crippen LogP contribution in [0.3, 0.4) is 0 Å². The Balaban J connectivity index is 2.38. The zero-order valence-electron chi connectivity index (χ0n) is 9.67. The van der Waals surface area contributed by atoms with Gasteiger partial charge in [0, 0.05) is 0 Å². The van der Waals surface area contributed by atoms with E-state index in [0.717, 1.165) is 0 Å². The Kier molecular flexibility index (Phi) is 6.14. The number of carbonyl (C=O) groups is 2. The zero-order valence-corrected chi connectivity index (χ0v) is 11.3. The summed E-state index contributed by atoms with van der Waals surface area (Å²) in [5.41, 5.74) is 0.441. The van der Waals surface area contributed by atoms with Crippen molar-refractivity contribution in [3.8, 4) is 0 Å². The van der Waals surface area contributed by atoms with E-state index in [2.05, 4.69) is 22.5 Å². The molecule has 1 unspecified atom stereocenters. The maximum Gasteiger partial charge on any atom is 0.338 e. The van der Waals surface area contributed by atoms with Crippen LogP contribution in [0, 0.1) is 0 Å². The molecule has 1 aromatic rings. The molecule has 1 rings (SSSR count). The highest BCUT2D eigenvalue weighted by Gasteiger charge is 2.18. The predicted molar refractivity (Wildman–Crippen MR) is 70.6 cm³/mol. The molecule has 0 aromatic heterocycles. The molecule has 0 bridgehead atoms. The molecule has 96 valence electrons. The minimum atomic E-state index is -0.676. The molecule has 1 aromatic carbocycles. The second kappa shape index (κ2) is 7.66. The van der Waals surface area contributed by atoms with Gasteiger partial charge in [0.05, 0.1) is 5.56 Å². The van der Waals surface area contributed by atoms with Crippen LogP contribution < -0.4 is 0 Å². The summed E-state index contributed by atoms with van der Waals surface area (Å²) in [6.07, 6.45) is 1.47. The number of esters is 2. The van der Waals surface area contributed by atoms with Gasteiger partial charge in [-0.2, -0.15) is 0 Å². The minimum absolute atomic E-state index is 0.0797. The van der Waals surface area contributed by atoms with Crippen molar-refractivity contribution < 1.29 is 19.1 Å². The van der Waals surface area contributed by atoms with Gasteiger partial charge < -0.3 is 9.47 Å². The summed E-state index contributed by atoms with van der Waals surface area (Å²) in [6.45, 7) is 3.48. The van der Waals surface area contributed by atoms with Gasteiger partial charge in [0.25, 0.3) is 0 Å². The van der Waals surface area contributed by atoms with Gasteiger partial charge in [-0.3, -0.25) is 4.79 Å². The molecule has 0 aliphatic carbocycles. The van der Waals surface area contributed by atoms with Gasteiger partial charge >= 0.3 is 11.9 Å². The monoisotopic (exact) mass is 312 g/mol. The predicted octanol–water partition coefficient (Wildman–Crippen LogP) is 2.34. The lowest BCUT2D eigenvalue weighted by molar-refractivity contribution is -0.142. The molecule has 4 nitrogen and oxygen atoms in total. The highest BCUT2D eigenvalue weighted by Crippen LogP contribution is 2.06. The van der Waals surface area contributed by atoms with Gasteiger partial charge in [-0.15, -0.1) is 0 Å². The summed E-state index contributed by atoms with van der Waals surface area (Å²) in [5, 5.41) is 0. The zero-order chi connectivity index (χ0) is 13.4. The number of rotatable bonds is 6. The Morgan fingerprint density at radius 1 is 1.28 bits per heavy atom. The minimum Gasteiger partial charge on any atom is -0.461 e. The van der Waals surface area contributed by atoms with Gasteiger partial charge in [-0.25, -0.2) is 4.79 Å². The molecular formula is C13H13BrO4. The lowest BCUT2D eigenvalue weighted by Gasteiger charge is -2.09. The third-order valence-electron chi connectivity index (χ3n) is 1.97. The molecule has 0 aliphatic rings. The summed E-state index contributed by atoms with van der Waals surface area (Å²) in [4.78, 5) is 22.2. The second-order valence-corrected chi connectivity index (χ2v) is 4.46. The smallest absolute Gasteiger partial charge is 0.338 e. The first-order valence-corrected chi connectivity index (χ1v) is 6.20. The van der Waals surface area contributed by atoms with E-state index in [9.17, 15) is 9.59 Å². The topological polar surface area (TPSA) is 52.6 Å². The number of hydrogen-bond donors (Lipinski definition) is 0. The summed E-state index contributed by atoms with van der Waals surface area (Å²) in [6, 6.07) is 8.56. The van der Waals surface area contributed by atoms with E-state index in [1.54, 1.807) is 30.3 Å². The van der Waals surface area contributed by atoms with E-state index in [1.807, 2.05) is 0 Å². The Morgan fingerprint density at radius 2 is 1.94 bits per heavy atom. The molecule has 0 saturated heterocycles. The van der Waals surface area contributed by atoms with E-state index < -0.39 is 16.8 Å². The summed E-state index contributed by atoms with van der Waals surface area (Å²) in [7, 11) is 0. The van der Waals surface area contributed by atoms with Crippen LogP contribution in [0.4, 0.5) is 0 Å². The molecule has 5 heteroatoms. The standard InChI is InChI=1S/C13H13BrO4/c1-2-8-17-13(16)11(14)9-18-12(15)10-6-4-3-5-7-10/h2-7,11H,1,8-9H2. The van der Waals surface area contributed by atoms with E-state index in [1.165, 1.54) is 6.08 Å². The maximum atomic E-state index is 11.6. The fourth-order valence-electron chi connectivity index (χ4n) is 1.11. The normalized spacial score (nSPS) is 11.4. The van der Waals surface area contributed by atoms with E-state index in [0.29, 0.717) is 5.56 Å². The van der Waals surface area contributed by atoms with Crippen LogP contribution in [0.1, 0.15) is 10.4 Å². The van der Waals surface area contributed by atoms with Gasteiger partial charge in [0.1, 0.15) is 18.0 Å². The number of benzene rings is 1. The number of halogens is 1. The molecule has 0 N–H and O–H groups in total. The van der Waals surface area contributed by atoms with Crippen molar-refractivity contribution in [1.29, 1.82) is 0 Å². The van der Waals surface area contributed by atoms with Crippen LogP contribution in [0.5, 0.6) is 0 Å². The molecule has 18 heavy (non-hydrogen) atoms. The average Bonchev–Trinajstić information content (AvgIpc) is 2.42. The number of ether oxygens (including phenoxy) is 2. The lowest BCUT2D eigenvalue weighted by atomic mass is 10.2. The van der Waals surface area contributed by atoms with E-state index in [-0.39, 0.29) is 13.2 Å². The van der Waals surface area contributed by atoms with Crippen molar-refractivity contribution in [1.82, 2.24) is 0 Å². The van der Waals surface area contributed by atoms with Crippen LogP contribution in [-0.4, -0.2) is 30.0 Å². The lowest BCUT2D eigenvalue weighted by Crippen LogP contribution is -2.24. The van der Waals surface area contributed by atoms with Crippen LogP contribution in [0.25, 0.3) is 0 Å². The molecule has 0 radical (unpaired) electrons. The first kappa shape index (κ1) is 14.4. The molecule has 0 heterocycles. The van der Waals surface area contributed by atoms with Gasteiger partial charge in [-0.05, 0) is 12.1 Å². The van der Waals surface area contributed by atoms with Crippen molar-refractivity contribution in [2.75, 3.05) is 13.2 Å². The highest BCUT2D eigenvalue weighted by atomic mass is 79.9. The van der Waals surface area contributed by atoms with E-state index in [4.69, 9.17) is 9.47 Å². The molecule has 0 amide bonds. The SMILES string of the molecule is C=CCOC(=O)C(Br)COC(=O)c1ccccc1. The molecule has 1 atom stereocenters. The van der Waals surface area contributed by atoms with Crippen molar-refractivity contribution in [3.63, 3.8) is 0 Å². The third-order valence-corrected chi connectivity index (χ3v) is 2.61. The third kappa shape index (κ3) is 4.71. The van der Waals surface area contributed by atoms with Crippen molar-refractivity contribution in [3.05, 3.63) is 48.6 Å². The van der Waals surface area contributed by atoms with Gasteiger partial charge in [0.15, 0.2) is 0 Å². The fourth-order valence-corrected chi connectivity index (χ4v) is 1.37. The first-order valence-electron chi connectivity index (χ1n) is 5.29. The number of carbonyl (C=O) groups excluding carboxylic acids is 2. The van der Waals surface area contributed by atoms with Crippen LogP contribution >= 0.6 is 15.9 Å². The van der Waals surface area contributed by atoms with Crippen molar-refractivity contribution in [2.24, 2.45) is 0 Å². The molecule has 0 fully saturated rings. The van der Waals surface area contributed by atoms with Crippen LogP contribution in [0.15, 0.2) is 43.0 Å². The molecule has 0 spiro atoms. The number of alkyl halides is 1. The molecule has 0 saturated carbocycles. The summed E-state index contributed by atoms with van der Waals surface area (Å²) >= 11 is 3.09. The van der Waals surface area contributed by atoms with Crippen molar-refractivity contribution in [2.45, 2.75) is 4.83 Å². The molecular weight excluding hydrogens is 300 g/mol. The first-order chi connectivity index (χ1) is 8.65. The van der Waals surface area contributed by atoms with Gasteiger partial charge in [0.2, 0.25) is 0 Å². The molecule has 0 aliphatic heterocycles. The van der Waals surface area contributed by atoms with E-state index >= 15 is 0 Å². The Morgan fingerprint density at radius 3 is 2.56 bits per heavy atom. The maximum absolute atomic E-state index is 11.6. The highest BCUT2D eigenvalue weighted by molar-refractivity contribution is 9.10. The Labute approximate surface area is 114 Å². The Bertz CT molecular complexity index is 416. The van der Waals surface area contributed by atoms with Crippen LogP contribution in [0.2, 0.25) is 0 Å².